The first kappa shape index (κ1) is 15.0. The number of rotatable bonds is 9. The average Bonchev–Trinajstić information content (AvgIpc) is 2.77. The van der Waals surface area contributed by atoms with Gasteiger partial charge >= 0.3 is 0 Å². The SMILES string of the molecule is CCCCCC(C)(C)CNCCC1CCNC1. The Morgan fingerprint density at radius 2 is 2.12 bits per heavy atom. The van der Waals surface area contributed by atoms with Crippen LogP contribution in [0.1, 0.15) is 59.3 Å². The second kappa shape index (κ2) is 8.10. The van der Waals surface area contributed by atoms with E-state index in [1.807, 2.05) is 0 Å². The summed E-state index contributed by atoms with van der Waals surface area (Å²) < 4.78 is 0. The second-order valence-electron chi connectivity index (χ2n) is 6.45. The van der Waals surface area contributed by atoms with Gasteiger partial charge in [-0.25, -0.2) is 0 Å². The van der Waals surface area contributed by atoms with Gasteiger partial charge < -0.3 is 10.6 Å². The molecule has 0 radical (unpaired) electrons. The molecule has 0 spiro atoms. The summed E-state index contributed by atoms with van der Waals surface area (Å²) in [5, 5.41) is 7.09. The van der Waals surface area contributed by atoms with Crippen LogP contribution < -0.4 is 10.6 Å². The van der Waals surface area contributed by atoms with Crippen LogP contribution in [0.25, 0.3) is 0 Å². The van der Waals surface area contributed by atoms with E-state index < -0.39 is 0 Å². The van der Waals surface area contributed by atoms with Gasteiger partial charge in [0, 0.05) is 6.54 Å². The summed E-state index contributed by atoms with van der Waals surface area (Å²) in [5.41, 5.74) is 0.475. The van der Waals surface area contributed by atoms with Gasteiger partial charge in [-0.05, 0) is 50.2 Å². The van der Waals surface area contributed by atoms with Crippen molar-refractivity contribution >= 4 is 0 Å². The maximum atomic E-state index is 3.65. The molecule has 102 valence electrons. The lowest BCUT2D eigenvalue weighted by Crippen LogP contribution is -2.31. The van der Waals surface area contributed by atoms with Crippen molar-refractivity contribution in [2.45, 2.75) is 59.3 Å². The zero-order valence-electron chi connectivity index (χ0n) is 12.1. The predicted molar refractivity (Wildman–Crippen MR) is 76.4 cm³/mol. The molecular weight excluding hydrogens is 208 g/mol. The van der Waals surface area contributed by atoms with Gasteiger partial charge in [-0.2, -0.15) is 0 Å². The van der Waals surface area contributed by atoms with E-state index in [4.69, 9.17) is 0 Å². The van der Waals surface area contributed by atoms with Crippen molar-refractivity contribution in [3.63, 3.8) is 0 Å². The molecule has 1 fully saturated rings. The molecule has 0 aromatic rings. The Labute approximate surface area is 108 Å². The summed E-state index contributed by atoms with van der Waals surface area (Å²) in [4.78, 5) is 0. The third-order valence-electron chi connectivity index (χ3n) is 3.95. The molecule has 17 heavy (non-hydrogen) atoms. The van der Waals surface area contributed by atoms with Crippen LogP contribution in [0.4, 0.5) is 0 Å². The molecule has 0 saturated carbocycles. The van der Waals surface area contributed by atoms with E-state index in [0.717, 1.165) is 5.92 Å². The molecule has 1 rings (SSSR count). The van der Waals surface area contributed by atoms with E-state index >= 15 is 0 Å². The lowest BCUT2D eigenvalue weighted by Gasteiger charge is -2.25. The normalized spacial score (nSPS) is 21.0. The molecule has 1 atom stereocenters. The summed E-state index contributed by atoms with van der Waals surface area (Å²) >= 11 is 0. The van der Waals surface area contributed by atoms with Crippen LogP contribution in [0, 0.1) is 11.3 Å². The van der Waals surface area contributed by atoms with Crippen LogP contribution >= 0.6 is 0 Å². The maximum Gasteiger partial charge on any atom is 0.000252 e. The molecule has 1 saturated heterocycles. The summed E-state index contributed by atoms with van der Waals surface area (Å²) in [6.45, 7) is 11.9. The predicted octanol–water partition coefficient (Wildman–Crippen LogP) is 3.18. The molecule has 0 aliphatic carbocycles. The van der Waals surface area contributed by atoms with E-state index in [1.165, 1.54) is 64.7 Å². The fourth-order valence-electron chi connectivity index (χ4n) is 2.64. The minimum absolute atomic E-state index is 0.475. The van der Waals surface area contributed by atoms with Crippen molar-refractivity contribution in [1.82, 2.24) is 10.6 Å². The topological polar surface area (TPSA) is 24.1 Å². The Morgan fingerprint density at radius 1 is 1.29 bits per heavy atom. The highest BCUT2D eigenvalue weighted by Crippen LogP contribution is 2.22. The fourth-order valence-corrected chi connectivity index (χ4v) is 2.64. The van der Waals surface area contributed by atoms with Gasteiger partial charge in [-0.3, -0.25) is 0 Å². The Morgan fingerprint density at radius 3 is 2.76 bits per heavy atom. The molecule has 1 aliphatic rings. The van der Waals surface area contributed by atoms with E-state index in [0.29, 0.717) is 5.41 Å². The van der Waals surface area contributed by atoms with Crippen molar-refractivity contribution in [2.24, 2.45) is 11.3 Å². The number of nitrogens with one attached hydrogen (secondary N) is 2. The molecule has 2 nitrogen and oxygen atoms in total. The quantitative estimate of drug-likeness (QED) is 0.605. The first-order chi connectivity index (χ1) is 8.14. The molecule has 0 aromatic heterocycles. The van der Waals surface area contributed by atoms with Crippen molar-refractivity contribution in [1.29, 1.82) is 0 Å². The van der Waals surface area contributed by atoms with Gasteiger partial charge in [0.25, 0.3) is 0 Å². The van der Waals surface area contributed by atoms with E-state index in [2.05, 4.69) is 31.4 Å². The molecule has 0 amide bonds. The third kappa shape index (κ3) is 7.05. The fraction of sp³-hybridized carbons (Fsp3) is 1.00. The van der Waals surface area contributed by atoms with Crippen LogP contribution in [0.3, 0.4) is 0 Å². The molecule has 1 aliphatic heterocycles. The highest BCUT2D eigenvalue weighted by atomic mass is 14.9. The van der Waals surface area contributed by atoms with Gasteiger partial charge in [0.2, 0.25) is 0 Å². The van der Waals surface area contributed by atoms with E-state index in [1.54, 1.807) is 0 Å². The molecule has 0 aromatic carbocycles. The molecule has 2 N–H and O–H groups in total. The van der Waals surface area contributed by atoms with Gasteiger partial charge in [-0.1, -0.05) is 40.0 Å². The summed E-state index contributed by atoms with van der Waals surface area (Å²) in [7, 11) is 0. The molecule has 1 heterocycles. The second-order valence-corrected chi connectivity index (χ2v) is 6.45. The van der Waals surface area contributed by atoms with Gasteiger partial charge in [-0.15, -0.1) is 0 Å². The van der Waals surface area contributed by atoms with Crippen molar-refractivity contribution in [2.75, 3.05) is 26.2 Å². The van der Waals surface area contributed by atoms with Gasteiger partial charge in [0.05, 0.1) is 0 Å². The number of hydrogen-bond acceptors (Lipinski definition) is 2. The Hall–Kier alpha value is -0.0800. The van der Waals surface area contributed by atoms with Crippen LogP contribution in [-0.4, -0.2) is 26.2 Å². The van der Waals surface area contributed by atoms with Gasteiger partial charge in [0.15, 0.2) is 0 Å². The molecule has 1 unspecified atom stereocenters. The Kier molecular flexibility index (Phi) is 7.14. The molecule has 0 bridgehead atoms. The van der Waals surface area contributed by atoms with E-state index in [-0.39, 0.29) is 0 Å². The molecular formula is C15H32N2. The lowest BCUT2D eigenvalue weighted by atomic mass is 9.87. The van der Waals surface area contributed by atoms with Crippen molar-refractivity contribution in [3.8, 4) is 0 Å². The van der Waals surface area contributed by atoms with Crippen LogP contribution in [0.5, 0.6) is 0 Å². The largest absolute Gasteiger partial charge is 0.316 e. The third-order valence-corrected chi connectivity index (χ3v) is 3.95. The summed E-state index contributed by atoms with van der Waals surface area (Å²) in [6, 6.07) is 0. The van der Waals surface area contributed by atoms with Crippen LogP contribution in [-0.2, 0) is 0 Å². The first-order valence-corrected chi connectivity index (χ1v) is 7.55. The Balaban J connectivity index is 1.99. The van der Waals surface area contributed by atoms with Crippen molar-refractivity contribution < 1.29 is 0 Å². The van der Waals surface area contributed by atoms with Crippen LogP contribution in [0.15, 0.2) is 0 Å². The Bertz CT molecular complexity index is 183. The summed E-state index contributed by atoms with van der Waals surface area (Å²) in [6.07, 6.45) is 8.19. The highest BCUT2D eigenvalue weighted by molar-refractivity contribution is 4.74. The zero-order valence-corrected chi connectivity index (χ0v) is 12.1. The monoisotopic (exact) mass is 240 g/mol. The minimum atomic E-state index is 0.475. The summed E-state index contributed by atoms with van der Waals surface area (Å²) in [5.74, 6) is 0.922. The van der Waals surface area contributed by atoms with Gasteiger partial charge in [0.1, 0.15) is 0 Å². The lowest BCUT2D eigenvalue weighted by molar-refractivity contribution is 0.299. The highest BCUT2D eigenvalue weighted by Gasteiger charge is 2.17. The number of hydrogen-bond donors (Lipinski definition) is 2. The smallest absolute Gasteiger partial charge is 0.000252 e. The first-order valence-electron chi connectivity index (χ1n) is 7.55. The molecule has 2 heteroatoms. The van der Waals surface area contributed by atoms with Crippen LogP contribution in [0.2, 0.25) is 0 Å². The van der Waals surface area contributed by atoms with E-state index in [9.17, 15) is 0 Å². The van der Waals surface area contributed by atoms with Crippen molar-refractivity contribution in [3.05, 3.63) is 0 Å². The standard InChI is InChI=1S/C15H32N2/c1-4-5-6-9-15(2,3)13-17-11-8-14-7-10-16-12-14/h14,16-17H,4-13H2,1-3H3. The maximum absolute atomic E-state index is 3.65. The zero-order chi connectivity index (χ0) is 12.6. The average molecular weight is 240 g/mol. The minimum Gasteiger partial charge on any atom is -0.316 e. The number of unbranched alkanes of at least 4 members (excludes halogenated alkanes) is 2.